The zero-order valence-electron chi connectivity index (χ0n) is 13.3. The van der Waals surface area contributed by atoms with E-state index in [1.54, 1.807) is 0 Å². The molecule has 2 aromatic rings. The van der Waals surface area contributed by atoms with Crippen molar-refractivity contribution in [1.29, 1.82) is 0 Å². The molecule has 0 heterocycles. The molecule has 0 unspecified atom stereocenters. The molecule has 0 aromatic heterocycles. The number of carbonyl (C=O) groups is 2. The van der Waals surface area contributed by atoms with E-state index in [9.17, 15) is 22.8 Å². The molecule has 0 aliphatic heterocycles. The Morgan fingerprint density at radius 3 is 2.04 bits per heavy atom. The van der Waals surface area contributed by atoms with Crippen LogP contribution >= 0.6 is 0 Å². The van der Waals surface area contributed by atoms with Gasteiger partial charge in [0, 0.05) is 18.7 Å². The van der Waals surface area contributed by atoms with Crippen molar-refractivity contribution in [2.45, 2.75) is 12.6 Å². The Hall–Kier alpha value is -2.83. The average molecular weight is 350 g/mol. The molecule has 2 N–H and O–H groups in total. The highest BCUT2D eigenvalue weighted by Gasteiger charge is 2.30. The quantitative estimate of drug-likeness (QED) is 0.787. The number of nitrogens with one attached hydrogen (secondary N) is 2. The van der Waals surface area contributed by atoms with Gasteiger partial charge < -0.3 is 10.6 Å². The van der Waals surface area contributed by atoms with E-state index in [1.807, 2.05) is 30.3 Å². The van der Waals surface area contributed by atoms with E-state index >= 15 is 0 Å². The van der Waals surface area contributed by atoms with Crippen molar-refractivity contribution >= 4 is 11.8 Å². The number of benzene rings is 2. The Kier molecular flexibility index (Phi) is 6.16. The number of carbonyl (C=O) groups excluding carboxylic acids is 2. The molecule has 2 rings (SSSR count). The van der Waals surface area contributed by atoms with Crippen molar-refractivity contribution in [3.63, 3.8) is 0 Å². The standard InChI is InChI=1S/C18H17F3N2O2/c19-18(20,21)15-8-6-14(7-9-15)17(25)23-11-10-22-16(24)12-13-4-2-1-3-5-13/h1-9H,10-12H2,(H,22,24)(H,23,25). The molecule has 0 radical (unpaired) electrons. The molecular formula is C18H17F3N2O2. The van der Waals surface area contributed by atoms with Gasteiger partial charge in [0.1, 0.15) is 0 Å². The molecule has 7 heteroatoms. The molecule has 0 saturated carbocycles. The molecule has 2 aromatic carbocycles. The molecule has 2 amide bonds. The fourth-order valence-corrected chi connectivity index (χ4v) is 2.13. The summed E-state index contributed by atoms with van der Waals surface area (Å²) in [6.07, 6.45) is -4.19. The molecule has 25 heavy (non-hydrogen) atoms. The van der Waals surface area contributed by atoms with Crippen molar-refractivity contribution in [1.82, 2.24) is 10.6 Å². The fraction of sp³-hybridized carbons (Fsp3) is 0.222. The van der Waals surface area contributed by atoms with E-state index in [1.165, 1.54) is 0 Å². The van der Waals surface area contributed by atoms with Gasteiger partial charge in [0.25, 0.3) is 5.91 Å². The predicted octanol–water partition coefficient (Wildman–Crippen LogP) is 2.79. The summed E-state index contributed by atoms with van der Waals surface area (Å²) in [5, 5.41) is 5.21. The van der Waals surface area contributed by atoms with Crippen LogP contribution in [0, 0.1) is 0 Å². The van der Waals surface area contributed by atoms with Gasteiger partial charge in [0.15, 0.2) is 0 Å². The van der Waals surface area contributed by atoms with Crippen molar-refractivity contribution in [2.75, 3.05) is 13.1 Å². The normalized spacial score (nSPS) is 11.0. The van der Waals surface area contributed by atoms with Gasteiger partial charge in [-0.1, -0.05) is 30.3 Å². The number of hydrogen-bond acceptors (Lipinski definition) is 2. The lowest BCUT2D eigenvalue weighted by atomic mass is 10.1. The molecule has 4 nitrogen and oxygen atoms in total. The second-order valence-electron chi connectivity index (χ2n) is 5.34. The van der Waals surface area contributed by atoms with Crippen molar-refractivity contribution in [2.24, 2.45) is 0 Å². The third-order valence-electron chi connectivity index (χ3n) is 3.41. The zero-order chi connectivity index (χ0) is 18.3. The van der Waals surface area contributed by atoms with Crippen LogP contribution in [0.2, 0.25) is 0 Å². The van der Waals surface area contributed by atoms with Crippen LogP contribution in [-0.2, 0) is 17.4 Å². The van der Waals surface area contributed by atoms with Crippen LogP contribution in [0.1, 0.15) is 21.5 Å². The summed E-state index contributed by atoms with van der Waals surface area (Å²) in [6.45, 7) is 0.415. The number of alkyl halides is 3. The number of halogens is 3. The molecular weight excluding hydrogens is 333 g/mol. The van der Waals surface area contributed by atoms with E-state index in [0.29, 0.717) is 0 Å². The van der Waals surface area contributed by atoms with E-state index < -0.39 is 17.6 Å². The minimum Gasteiger partial charge on any atom is -0.354 e. The average Bonchev–Trinajstić information content (AvgIpc) is 2.59. The van der Waals surface area contributed by atoms with Crippen LogP contribution in [0.25, 0.3) is 0 Å². The van der Waals surface area contributed by atoms with Gasteiger partial charge in [-0.2, -0.15) is 13.2 Å². The molecule has 0 bridgehead atoms. The Morgan fingerprint density at radius 1 is 0.840 bits per heavy atom. The molecule has 0 atom stereocenters. The highest BCUT2D eigenvalue weighted by Crippen LogP contribution is 2.28. The Morgan fingerprint density at radius 2 is 1.44 bits per heavy atom. The largest absolute Gasteiger partial charge is 0.416 e. The first-order valence-electron chi connectivity index (χ1n) is 7.62. The van der Waals surface area contributed by atoms with Gasteiger partial charge in [-0.15, -0.1) is 0 Å². The molecule has 0 aliphatic rings. The summed E-state index contributed by atoms with van der Waals surface area (Å²) >= 11 is 0. The van der Waals surface area contributed by atoms with E-state index in [2.05, 4.69) is 10.6 Å². The van der Waals surface area contributed by atoms with Crippen molar-refractivity contribution in [3.8, 4) is 0 Å². The SMILES string of the molecule is O=C(Cc1ccccc1)NCCNC(=O)c1ccc(C(F)(F)F)cc1. The topological polar surface area (TPSA) is 58.2 Å². The van der Waals surface area contributed by atoms with Gasteiger partial charge in [0.05, 0.1) is 12.0 Å². The van der Waals surface area contributed by atoms with Crippen LogP contribution in [0.3, 0.4) is 0 Å². The molecule has 0 fully saturated rings. The lowest BCUT2D eigenvalue weighted by Gasteiger charge is -2.09. The Labute approximate surface area is 143 Å². The molecule has 0 spiro atoms. The smallest absolute Gasteiger partial charge is 0.354 e. The molecule has 132 valence electrons. The Bertz CT molecular complexity index is 713. The minimum atomic E-state index is -4.43. The molecule has 0 saturated heterocycles. The first kappa shape index (κ1) is 18.5. The first-order chi connectivity index (χ1) is 11.9. The monoisotopic (exact) mass is 350 g/mol. The maximum atomic E-state index is 12.5. The lowest BCUT2D eigenvalue weighted by molar-refractivity contribution is -0.137. The highest BCUT2D eigenvalue weighted by molar-refractivity contribution is 5.94. The second-order valence-corrected chi connectivity index (χ2v) is 5.34. The van der Waals surface area contributed by atoms with Crippen LogP contribution in [0.15, 0.2) is 54.6 Å². The van der Waals surface area contributed by atoms with Gasteiger partial charge in [-0.3, -0.25) is 9.59 Å². The van der Waals surface area contributed by atoms with Crippen LogP contribution in [0.4, 0.5) is 13.2 Å². The number of hydrogen-bond donors (Lipinski definition) is 2. The van der Waals surface area contributed by atoms with Crippen LogP contribution in [-0.4, -0.2) is 24.9 Å². The summed E-state index contributed by atoms with van der Waals surface area (Å²) in [5.74, 6) is -0.666. The second kappa shape index (κ2) is 8.32. The first-order valence-corrected chi connectivity index (χ1v) is 7.62. The van der Waals surface area contributed by atoms with E-state index in [4.69, 9.17) is 0 Å². The van der Waals surface area contributed by atoms with Crippen molar-refractivity contribution < 1.29 is 22.8 Å². The third kappa shape index (κ3) is 5.95. The Balaban J connectivity index is 1.72. The summed E-state index contributed by atoms with van der Waals surface area (Å²) in [5.41, 5.74) is 0.203. The lowest BCUT2D eigenvalue weighted by Crippen LogP contribution is -2.35. The van der Waals surface area contributed by atoms with E-state index in [-0.39, 0.29) is 31.0 Å². The fourth-order valence-electron chi connectivity index (χ4n) is 2.13. The summed E-state index contributed by atoms with van der Waals surface area (Å²) in [4.78, 5) is 23.6. The van der Waals surface area contributed by atoms with Gasteiger partial charge in [-0.25, -0.2) is 0 Å². The maximum absolute atomic E-state index is 12.5. The number of amides is 2. The summed E-state index contributed by atoms with van der Waals surface area (Å²) in [7, 11) is 0. The maximum Gasteiger partial charge on any atom is 0.416 e. The summed E-state index contributed by atoms with van der Waals surface area (Å²) < 4.78 is 37.4. The van der Waals surface area contributed by atoms with Gasteiger partial charge in [-0.05, 0) is 29.8 Å². The third-order valence-corrected chi connectivity index (χ3v) is 3.41. The van der Waals surface area contributed by atoms with Crippen LogP contribution < -0.4 is 10.6 Å². The predicted molar refractivity (Wildman–Crippen MR) is 86.9 cm³/mol. The van der Waals surface area contributed by atoms with Gasteiger partial charge in [0.2, 0.25) is 5.91 Å². The summed E-state index contributed by atoms with van der Waals surface area (Å²) in [6, 6.07) is 13.2. The molecule has 0 aliphatic carbocycles. The van der Waals surface area contributed by atoms with E-state index in [0.717, 1.165) is 29.8 Å². The highest BCUT2D eigenvalue weighted by atomic mass is 19.4. The number of rotatable bonds is 6. The van der Waals surface area contributed by atoms with Gasteiger partial charge >= 0.3 is 6.18 Å². The van der Waals surface area contributed by atoms with Crippen LogP contribution in [0.5, 0.6) is 0 Å². The van der Waals surface area contributed by atoms with Crippen molar-refractivity contribution in [3.05, 3.63) is 71.3 Å². The minimum absolute atomic E-state index is 0.128. The zero-order valence-corrected chi connectivity index (χ0v) is 13.3.